The summed E-state index contributed by atoms with van der Waals surface area (Å²) in [7, 11) is 0. The highest BCUT2D eigenvalue weighted by molar-refractivity contribution is 5.77. The molecule has 0 fully saturated rings. The second-order valence-corrected chi connectivity index (χ2v) is 7.78. The molecule has 0 aliphatic heterocycles. The van der Waals surface area contributed by atoms with Gasteiger partial charge in [-0.05, 0) is 30.4 Å². The summed E-state index contributed by atoms with van der Waals surface area (Å²) in [5.41, 5.74) is 12.8. The predicted molar refractivity (Wildman–Crippen MR) is 135 cm³/mol. The fraction of sp³-hybridized carbons (Fsp3) is 0.280. The van der Waals surface area contributed by atoms with Gasteiger partial charge >= 0.3 is 0 Å². The molecule has 1 aromatic heterocycles. The quantitative estimate of drug-likeness (QED) is 0.184. The third-order valence-electron chi connectivity index (χ3n) is 5.18. The molecule has 3 aromatic rings. The van der Waals surface area contributed by atoms with E-state index >= 15 is 0 Å². The van der Waals surface area contributed by atoms with E-state index in [-0.39, 0.29) is 29.8 Å². The number of hydrogen-bond donors (Lipinski definition) is 4. The summed E-state index contributed by atoms with van der Waals surface area (Å²) in [5, 5.41) is 5.98. The highest BCUT2D eigenvalue weighted by atomic mass is 16.2. The van der Waals surface area contributed by atoms with Crippen molar-refractivity contribution in [3.63, 3.8) is 0 Å². The normalized spacial score (nSPS) is 10.5. The van der Waals surface area contributed by atoms with E-state index in [1.165, 1.54) is 4.57 Å². The van der Waals surface area contributed by atoms with Gasteiger partial charge in [0.05, 0.1) is 11.9 Å². The van der Waals surface area contributed by atoms with Crippen LogP contribution in [0.1, 0.15) is 18.4 Å². The smallest absolute Gasteiger partial charge is 0.294 e. The number of amides is 1. The minimum atomic E-state index is -0.336. The Labute approximate surface area is 198 Å². The minimum absolute atomic E-state index is 0.0581. The zero-order chi connectivity index (χ0) is 24.2. The Morgan fingerprint density at radius 3 is 2.38 bits per heavy atom. The summed E-state index contributed by atoms with van der Waals surface area (Å²) in [4.78, 5) is 34.1. The van der Waals surface area contributed by atoms with Gasteiger partial charge in [-0.2, -0.15) is 0 Å². The first-order valence-electron chi connectivity index (χ1n) is 11.3. The monoisotopic (exact) mass is 461 g/mol. The minimum Gasteiger partial charge on any atom is -0.370 e. The first kappa shape index (κ1) is 24.5. The summed E-state index contributed by atoms with van der Waals surface area (Å²) in [6, 6.07) is 19.4. The second kappa shape index (κ2) is 12.8. The topological polar surface area (TPSA) is 140 Å². The number of benzene rings is 2. The van der Waals surface area contributed by atoms with Gasteiger partial charge in [-0.15, -0.1) is 0 Å². The summed E-state index contributed by atoms with van der Waals surface area (Å²) in [6.07, 6.45) is 3.86. The molecule has 178 valence electrons. The van der Waals surface area contributed by atoms with Gasteiger partial charge in [0.2, 0.25) is 5.91 Å². The highest BCUT2D eigenvalue weighted by Gasteiger charge is 2.14. The number of carbonyl (C=O) groups is 1. The van der Waals surface area contributed by atoms with Crippen molar-refractivity contribution in [2.45, 2.75) is 25.8 Å². The van der Waals surface area contributed by atoms with Crippen LogP contribution in [0.5, 0.6) is 0 Å². The Morgan fingerprint density at radius 2 is 1.68 bits per heavy atom. The summed E-state index contributed by atoms with van der Waals surface area (Å²) in [6.45, 7) is 1.44. The molecule has 1 heterocycles. The molecule has 1 amide bonds. The van der Waals surface area contributed by atoms with Crippen molar-refractivity contribution >= 4 is 17.7 Å². The molecule has 0 radical (unpaired) electrons. The number of aliphatic imine (C=N–C) groups is 1. The van der Waals surface area contributed by atoms with Crippen LogP contribution < -0.4 is 27.7 Å². The van der Waals surface area contributed by atoms with Crippen LogP contribution in [-0.2, 0) is 17.8 Å². The molecular formula is C25H31N7O2. The molecule has 0 aliphatic rings. The van der Waals surface area contributed by atoms with Crippen LogP contribution in [0.15, 0.2) is 76.6 Å². The number of nitrogens with one attached hydrogen (secondary N) is 2. The van der Waals surface area contributed by atoms with E-state index in [0.29, 0.717) is 25.3 Å². The van der Waals surface area contributed by atoms with E-state index in [9.17, 15) is 9.59 Å². The third kappa shape index (κ3) is 7.47. The van der Waals surface area contributed by atoms with Crippen molar-refractivity contribution in [1.29, 1.82) is 0 Å². The van der Waals surface area contributed by atoms with Gasteiger partial charge in [-0.25, -0.2) is 4.98 Å². The summed E-state index contributed by atoms with van der Waals surface area (Å²) in [5.74, 6) is 0.0333. The maximum absolute atomic E-state index is 13.2. The van der Waals surface area contributed by atoms with Crippen LogP contribution in [0.25, 0.3) is 11.3 Å². The lowest BCUT2D eigenvalue weighted by atomic mass is 10.1. The maximum Gasteiger partial charge on any atom is 0.294 e. The lowest BCUT2D eigenvalue weighted by Crippen LogP contribution is -2.35. The van der Waals surface area contributed by atoms with Crippen molar-refractivity contribution in [3.8, 4) is 11.3 Å². The fourth-order valence-electron chi connectivity index (χ4n) is 3.45. The van der Waals surface area contributed by atoms with E-state index < -0.39 is 0 Å². The zero-order valence-electron chi connectivity index (χ0n) is 19.1. The Balaban J connectivity index is 1.69. The number of rotatable bonds is 12. The third-order valence-corrected chi connectivity index (χ3v) is 5.18. The van der Waals surface area contributed by atoms with Gasteiger partial charge in [0.25, 0.3) is 5.56 Å². The van der Waals surface area contributed by atoms with Crippen LogP contribution in [0.2, 0.25) is 0 Å². The van der Waals surface area contributed by atoms with E-state index in [0.717, 1.165) is 30.4 Å². The average Bonchev–Trinajstić information content (AvgIpc) is 2.84. The zero-order valence-corrected chi connectivity index (χ0v) is 19.1. The van der Waals surface area contributed by atoms with Crippen molar-refractivity contribution in [2.24, 2.45) is 16.5 Å². The maximum atomic E-state index is 13.2. The first-order chi connectivity index (χ1) is 16.5. The van der Waals surface area contributed by atoms with Crippen LogP contribution in [0.4, 0.5) is 5.82 Å². The largest absolute Gasteiger partial charge is 0.370 e. The molecule has 0 saturated heterocycles. The SMILES string of the molecule is NC(N)=NCCCCNC(=O)Cn1c(-c2ccccc2)cnc(NCCc2ccccc2)c1=O. The highest BCUT2D eigenvalue weighted by Crippen LogP contribution is 2.17. The van der Waals surface area contributed by atoms with Gasteiger partial charge in [0.1, 0.15) is 6.54 Å². The molecule has 9 nitrogen and oxygen atoms in total. The number of guanidine groups is 1. The van der Waals surface area contributed by atoms with Gasteiger partial charge in [-0.1, -0.05) is 60.7 Å². The van der Waals surface area contributed by atoms with Crippen molar-refractivity contribution in [2.75, 3.05) is 25.0 Å². The molecule has 0 atom stereocenters. The summed E-state index contributed by atoms with van der Waals surface area (Å²) >= 11 is 0. The molecule has 0 bridgehead atoms. The van der Waals surface area contributed by atoms with Gasteiger partial charge in [-0.3, -0.25) is 19.1 Å². The van der Waals surface area contributed by atoms with Crippen molar-refractivity contribution in [3.05, 3.63) is 82.8 Å². The molecule has 0 unspecified atom stereocenters. The Bertz CT molecular complexity index is 1140. The predicted octanol–water partition coefficient (Wildman–Crippen LogP) is 1.73. The van der Waals surface area contributed by atoms with Crippen LogP contribution in [0.3, 0.4) is 0 Å². The number of unbranched alkanes of at least 4 members (excludes halogenated alkanes) is 1. The lowest BCUT2D eigenvalue weighted by Gasteiger charge is -2.15. The van der Waals surface area contributed by atoms with E-state index in [1.807, 2.05) is 60.7 Å². The molecule has 0 saturated carbocycles. The molecule has 3 rings (SSSR count). The Kier molecular flexibility index (Phi) is 9.21. The Hall–Kier alpha value is -4.14. The molecule has 0 spiro atoms. The lowest BCUT2D eigenvalue weighted by molar-refractivity contribution is -0.121. The van der Waals surface area contributed by atoms with Crippen molar-refractivity contribution in [1.82, 2.24) is 14.9 Å². The molecule has 6 N–H and O–H groups in total. The van der Waals surface area contributed by atoms with Crippen LogP contribution in [0, 0.1) is 0 Å². The van der Waals surface area contributed by atoms with Crippen LogP contribution >= 0.6 is 0 Å². The van der Waals surface area contributed by atoms with E-state index in [4.69, 9.17) is 11.5 Å². The number of carbonyl (C=O) groups excluding carboxylic acids is 1. The fourth-order valence-corrected chi connectivity index (χ4v) is 3.45. The van der Waals surface area contributed by atoms with Gasteiger partial charge in [0.15, 0.2) is 11.8 Å². The standard InChI is InChI=1S/C25H31N7O2/c26-25(27)30-15-8-7-14-28-22(33)18-32-21(20-11-5-2-6-12-20)17-31-23(24(32)34)29-16-13-19-9-3-1-4-10-19/h1-6,9-12,17H,7-8,13-16,18H2,(H,28,33)(H,29,31)(H4,26,27,30). The van der Waals surface area contributed by atoms with E-state index in [1.54, 1.807) is 6.20 Å². The molecule has 9 heteroatoms. The van der Waals surface area contributed by atoms with Gasteiger partial charge in [0, 0.05) is 19.6 Å². The number of nitrogens with zero attached hydrogens (tertiary/aromatic N) is 3. The second-order valence-electron chi connectivity index (χ2n) is 7.78. The molecule has 0 aliphatic carbocycles. The summed E-state index contributed by atoms with van der Waals surface area (Å²) < 4.78 is 1.46. The molecule has 34 heavy (non-hydrogen) atoms. The number of hydrogen-bond acceptors (Lipinski definition) is 5. The average molecular weight is 462 g/mol. The molecule has 2 aromatic carbocycles. The van der Waals surface area contributed by atoms with Crippen molar-refractivity contribution < 1.29 is 4.79 Å². The number of anilines is 1. The first-order valence-corrected chi connectivity index (χ1v) is 11.3. The van der Waals surface area contributed by atoms with Gasteiger partial charge < -0.3 is 22.1 Å². The number of nitrogens with two attached hydrogens (primary N) is 2. The number of aromatic nitrogens is 2. The van der Waals surface area contributed by atoms with E-state index in [2.05, 4.69) is 20.6 Å². The Morgan fingerprint density at radius 1 is 0.971 bits per heavy atom. The molecular weight excluding hydrogens is 430 g/mol. The van der Waals surface area contributed by atoms with Crippen LogP contribution in [-0.4, -0.2) is 41.1 Å².